The van der Waals surface area contributed by atoms with Crippen molar-refractivity contribution < 1.29 is 13.2 Å². The van der Waals surface area contributed by atoms with Crippen LogP contribution in [0.3, 0.4) is 0 Å². The fraction of sp³-hybridized carbons (Fsp3) is 0.471. The van der Waals surface area contributed by atoms with Crippen LogP contribution in [-0.4, -0.2) is 31.6 Å². The molecule has 0 bridgehead atoms. The number of fused-ring (bicyclic) bond motifs is 1. The molecule has 2 aromatic rings. The van der Waals surface area contributed by atoms with Gasteiger partial charge in [0.1, 0.15) is 11.6 Å². The van der Waals surface area contributed by atoms with E-state index in [9.17, 15) is 8.42 Å². The number of para-hydroxylation sites is 2. The molecule has 0 N–H and O–H groups in total. The van der Waals surface area contributed by atoms with Crippen molar-refractivity contribution in [3.05, 3.63) is 36.3 Å². The second-order valence-corrected chi connectivity index (χ2v) is 7.93. The molecule has 1 aliphatic heterocycles. The first-order chi connectivity index (χ1) is 11.4. The van der Waals surface area contributed by atoms with Gasteiger partial charge in [-0.3, -0.25) is 4.31 Å². The molecule has 1 aliphatic rings. The van der Waals surface area contributed by atoms with Crippen molar-refractivity contribution in [2.75, 3.05) is 18.0 Å². The lowest BCUT2D eigenvalue weighted by Crippen LogP contribution is -2.27. The standard InChI is InChI=1S/C17H23N3O3S/c1-4-23-15-10-6-5-9-14(15)19(3)24(21,22)17-12-20-13(2)8-7-11-16(20)18-17/h5-6,9-10,12-13H,4,7-8,11H2,1-3H3. The van der Waals surface area contributed by atoms with Crippen LogP contribution in [0.5, 0.6) is 5.75 Å². The van der Waals surface area contributed by atoms with E-state index in [2.05, 4.69) is 11.9 Å². The summed E-state index contributed by atoms with van der Waals surface area (Å²) in [4.78, 5) is 4.39. The maximum atomic E-state index is 13.0. The van der Waals surface area contributed by atoms with Crippen molar-refractivity contribution in [1.82, 2.24) is 9.55 Å². The first-order valence-corrected chi connectivity index (χ1v) is 9.67. The number of hydrogen-bond donors (Lipinski definition) is 0. The third-order valence-electron chi connectivity index (χ3n) is 4.41. The Kier molecular flexibility index (Phi) is 4.54. The van der Waals surface area contributed by atoms with Gasteiger partial charge in [0.15, 0.2) is 5.03 Å². The lowest BCUT2D eigenvalue weighted by atomic mass is 10.1. The molecule has 0 aliphatic carbocycles. The first kappa shape index (κ1) is 16.8. The Balaban J connectivity index is 1.99. The highest BCUT2D eigenvalue weighted by Gasteiger charge is 2.29. The maximum absolute atomic E-state index is 13.0. The Bertz CT molecular complexity index is 829. The van der Waals surface area contributed by atoms with Crippen LogP contribution in [0.2, 0.25) is 0 Å². The summed E-state index contributed by atoms with van der Waals surface area (Å²) in [6, 6.07) is 7.41. The second kappa shape index (κ2) is 6.47. The summed E-state index contributed by atoms with van der Waals surface area (Å²) < 4.78 is 34.8. The van der Waals surface area contributed by atoms with Crippen LogP contribution in [0.1, 0.15) is 38.6 Å². The number of rotatable bonds is 5. The first-order valence-electron chi connectivity index (χ1n) is 8.23. The summed E-state index contributed by atoms with van der Waals surface area (Å²) in [5, 5.41) is 0.0973. The van der Waals surface area contributed by atoms with E-state index in [1.165, 1.54) is 11.4 Å². The molecular formula is C17H23N3O3S. The van der Waals surface area contributed by atoms with Gasteiger partial charge >= 0.3 is 0 Å². The van der Waals surface area contributed by atoms with Crippen LogP contribution in [0, 0.1) is 0 Å². The maximum Gasteiger partial charge on any atom is 0.283 e. The molecule has 1 aromatic carbocycles. The second-order valence-electron chi connectivity index (χ2n) is 6.02. The SMILES string of the molecule is CCOc1ccccc1N(C)S(=O)(=O)c1cn2c(n1)CCCC2C. The van der Waals surface area contributed by atoms with E-state index in [0.29, 0.717) is 18.0 Å². The van der Waals surface area contributed by atoms with Crippen molar-refractivity contribution in [2.45, 2.75) is 44.2 Å². The average molecular weight is 349 g/mol. The number of aryl methyl sites for hydroxylation is 1. The van der Waals surface area contributed by atoms with Crippen molar-refractivity contribution in [3.63, 3.8) is 0 Å². The zero-order valence-corrected chi connectivity index (χ0v) is 15.1. The van der Waals surface area contributed by atoms with E-state index in [-0.39, 0.29) is 11.1 Å². The van der Waals surface area contributed by atoms with Crippen LogP contribution in [-0.2, 0) is 16.4 Å². The van der Waals surface area contributed by atoms with Gasteiger partial charge in [0, 0.05) is 25.7 Å². The fourth-order valence-electron chi connectivity index (χ4n) is 3.06. The monoisotopic (exact) mass is 349 g/mol. The van der Waals surface area contributed by atoms with Crippen LogP contribution in [0.4, 0.5) is 5.69 Å². The normalized spacial score (nSPS) is 17.4. The Morgan fingerprint density at radius 2 is 2.12 bits per heavy atom. The van der Waals surface area contributed by atoms with Crippen LogP contribution in [0.15, 0.2) is 35.5 Å². The zero-order chi connectivity index (χ0) is 17.3. The van der Waals surface area contributed by atoms with Gasteiger partial charge in [0.05, 0.1) is 12.3 Å². The Morgan fingerprint density at radius 3 is 2.83 bits per heavy atom. The number of ether oxygens (including phenoxy) is 1. The highest BCUT2D eigenvalue weighted by molar-refractivity contribution is 7.92. The smallest absolute Gasteiger partial charge is 0.283 e. The lowest BCUT2D eigenvalue weighted by Gasteiger charge is -2.21. The molecule has 0 spiro atoms. The number of sulfonamides is 1. The molecule has 6 nitrogen and oxygen atoms in total. The Labute approximate surface area is 143 Å². The fourth-order valence-corrected chi connectivity index (χ4v) is 4.22. The minimum atomic E-state index is -3.73. The molecule has 0 fully saturated rings. The van der Waals surface area contributed by atoms with Gasteiger partial charge < -0.3 is 9.30 Å². The molecule has 130 valence electrons. The molecule has 3 rings (SSSR count). The van der Waals surface area contributed by atoms with E-state index in [0.717, 1.165) is 25.1 Å². The number of anilines is 1. The molecule has 0 radical (unpaired) electrons. The minimum Gasteiger partial charge on any atom is -0.492 e. The molecule has 2 heterocycles. The largest absolute Gasteiger partial charge is 0.492 e. The van der Waals surface area contributed by atoms with Crippen LogP contribution >= 0.6 is 0 Å². The number of aromatic nitrogens is 2. The molecule has 24 heavy (non-hydrogen) atoms. The summed E-state index contributed by atoms with van der Waals surface area (Å²) in [5.41, 5.74) is 0.512. The van der Waals surface area contributed by atoms with Gasteiger partial charge in [-0.2, -0.15) is 8.42 Å². The summed E-state index contributed by atoms with van der Waals surface area (Å²) in [6.45, 7) is 4.44. The van der Waals surface area contributed by atoms with E-state index in [1.54, 1.807) is 24.4 Å². The molecule has 1 aromatic heterocycles. The highest BCUT2D eigenvalue weighted by atomic mass is 32.2. The molecule has 7 heteroatoms. The van der Waals surface area contributed by atoms with Gasteiger partial charge in [-0.25, -0.2) is 4.98 Å². The Morgan fingerprint density at radius 1 is 1.38 bits per heavy atom. The van der Waals surface area contributed by atoms with Gasteiger partial charge in [-0.15, -0.1) is 0 Å². The van der Waals surface area contributed by atoms with E-state index < -0.39 is 10.0 Å². The molecular weight excluding hydrogens is 326 g/mol. The molecule has 0 amide bonds. The number of hydrogen-bond acceptors (Lipinski definition) is 4. The lowest BCUT2D eigenvalue weighted by molar-refractivity contribution is 0.341. The van der Waals surface area contributed by atoms with Gasteiger partial charge in [-0.05, 0) is 38.8 Å². The highest BCUT2D eigenvalue weighted by Crippen LogP contribution is 2.32. The van der Waals surface area contributed by atoms with Gasteiger partial charge in [-0.1, -0.05) is 12.1 Å². The van der Waals surface area contributed by atoms with Crippen molar-refractivity contribution >= 4 is 15.7 Å². The number of nitrogens with zero attached hydrogens (tertiary/aromatic N) is 3. The third-order valence-corrected chi connectivity index (χ3v) is 6.06. The van der Waals surface area contributed by atoms with Crippen molar-refractivity contribution in [2.24, 2.45) is 0 Å². The summed E-state index contributed by atoms with van der Waals surface area (Å²) in [6.07, 6.45) is 4.57. The third kappa shape index (κ3) is 2.88. The quantitative estimate of drug-likeness (QED) is 0.832. The van der Waals surface area contributed by atoms with Crippen LogP contribution in [0.25, 0.3) is 0 Å². The topological polar surface area (TPSA) is 64.4 Å². The van der Waals surface area contributed by atoms with E-state index in [4.69, 9.17) is 4.74 Å². The van der Waals surface area contributed by atoms with Crippen molar-refractivity contribution in [1.29, 1.82) is 0 Å². The summed E-state index contributed by atoms with van der Waals surface area (Å²) in [7, 11) is -2.19. The predicted octanol–water partition coefficient (Wildman–Crippen LogP) is 3.00. The molecule has 0 saturated carbocycles. The average Bonchev–Trinajstić information content (AvgIpc) is 3.01. The summed E-state index contributed by atoms with van der Waals surface area (Å²) >= 11 is 0. The molecule has 0 saturated heterocycles. The summed E-state index contributed by atoms with van der Waals surface area (Å²) in [5.74, 6) is 1.39. The number of imidazole rings is 1. The van der Waals surface area contributed by atoms with Gasteiger partial charge in [0.2, 0.25) is 0 Å². The minimum absolute atomic E-state index is 0.0973. The van der Waals surface area contributed by atoms with Gasteiger partial charge in [0.25, 0.3) is 10.0 Å². The van der Waals surface area contributed by atoms with E-state index >= 15 is 0 Å². The molecule has 1 atom stereocenters. The predicted molar refractivity (Wildman–Crippen MR) is 93.1 cm³/mol. The van der Waals surface area contributed by atoms with E-state index in [1.807, 2.05) is 17.6 Å². The van der Waals surface area contributed by atoms with Crippen molar-refractivity contribution in [3.8, 4) is 5.75 Å². The number of benzene rings is 1. The zero-order valence-electron chi connectivity index (χ0n) is 14.3. The Hall–Kier alpha value is -2.02. The molecule has 1 unspecified atom stereocenters. The van der Waals surface area contributed by atoms with Crippen LogP contribution < -0.4 is 9.04 Å².